The Bertz CT molecular complexity index is 672. The number of ether oxygens (including phenoxy) is 1. The normalized spacial score (nSPS) is 18.5. The quantitative estimate of drug-likeness (QED) is 0.844. The summed E-state index contributed by atoms with van der Waals surface area (Å²) in [6.07, 6.45) is 1.56. The van der Waals surface area contributed by atoms with Crippen molar-refractivity contribution in [1.29, 1.82) is 0 Å². The van der Waals surface area contributed by atoms with Gasteiger partial charge in [-0.05, 0) is 48.9 Å². The molecule has 0 unspecified atom stereocenters. The van der Waals surface area contributed by atoms with Gasteiger partial charge in [-0.25, -0.2) is 5.43 Å². The number of ketones is 1. The number of nitrogens with zero attached hydrogens (tertiary/aromatic N) is 1. The van der Waals surface area contributed by atoms with E-state index in [-0.39, 0.29) is 23.7 Å². The fraction of sp³-hybridized carbons (Fsp3) is 0.500. The van der Waals surface area contributed by atoms with Gasteiger partial charge in [0.05, 0.1) is 0 Å². The van der Waals surface area contributed by atoms with Crippen molar-refractivity contribution in [2.75, 3.05) is 6.61 Å². The minimum atomic E-state index is -0.358. The molecule has 1 amide bonds. The van der Waals surface area contributed by atoms with Gasteiger partial charge >= 0.3 is 0 Å². The first kappa shape index (κ1) is 18.5. The zero-order chi connectivity index (χ0) is 17.9. The van der Waals surface area contributed by atoms with Crippen LogP contribution in [0.25, 0.3) is 0 Å². The Hall–Kier alpha value is -1.88. The number of hydrazone groups is 1. The number of hydrogen-bond acceptors (Lipinski definition) is 4. The molecule has 0 spiro atoms. The van der Waals surface area contributed by atoms with Crippen molar-refractivity contribution in [2.24, 2.45) is 10.5 Å². The lowest BCUT2D eigenvalue weighted by Crippen LogP contribution is -2.32. The fourth-order valence-corrected chi connectivity index (χ4v) is 3.00. The van der Waals surface area contributed by atoms with Gasteiger partial charge in [0.1, 0.15) is 11.5 Å². The first-order valence-corrected chi connectivity index (χ1v) is 8.29. The largest absolute Gasteiger partial charge is 0.484 e. The van der Waals surface area contributed by atoms with E-state index < -0.39 is 0 Å². The van der Waals surface area contributed by atoms with Crippen LogP contribution in [0.4, 0.5) is 0 Å². The number of hydrogen-bond donors (Lipinski definition) is 1. The van der Waals surface area contributed by atoms with E-state index in [0.717, 1.165) is 11.1 Å². The highest BCUT2D eigenvalue weighted by molar-refractivity contribution is 6.32. The smallest absolute Gasteiger partial charge is 0.277 e. The second kappa shape index (κ2) is 7.34. The summed E-state index contributed by atoms with van der Waals surface area (Å²) in [7, 11) is 0. The van der Waals surface area contributed by atoms with Crippen molar-refractivity contribution in [1.82, 2.24) is 5.43 Å². The van der Waals surface area contributed by atoms with Crippen molar-refractivity contribution >= 4 is 29.0 Å². The van der Waals surface area contributed by atoms with Crippen LogP contribution in [0.15, 0.2) is 17.2 Å². The van der Waals surface area contributed by atoms with Crippen LogP contribution in [0.1, 0.15) is 44.2 Å². The van der Waals surface area contributed by atoms with E-state index in [2.05, 4.69) is 10.5 Å². The number of halogens is 1. The molecule has 1 fully saturated rings. The lowest BCUT2D eigenvalue weighted by atomic mass is 9.76. The Morgan fingerprint density at radius 2 is 1.92 bits per heavy atom. The molecule has 24 heavy (non-hydrogen) atoms. The Morgan fingerprint density at radius 1 is 1.29 bits per heavy atom. The minimum Gasteiger partial charge on any atom is -0.484 e. The summed E-state index contributed by atoms with van der Waals surface area (Å²) in [5, 5.41) is 4.78. The summed E-state index contributed by atoms with van der Waals surface area (Å²) >= 11 is 6.10. The first-order chi connectivity index (χ1) is 11.2. The van der Waals surface area contributed by atoms with Gasteiger partial charge in [0.25, 0.3) is 5.91 Å². The van der Waals surface area contributed by atoms with Crippen molar-refractivity contribution in [3.63, 3.8) is 0 Å². The Balaban J connectivity index is 1.90. The molecule has 0 aliphatic heterocycles. The Labute approximate surface area is 147 Å². The molecule has 0 saturated heterocycles. The molecule has 1 aliphatic carbocycles. The van der Waals surface area contributed by atoms with Gasteiger partial charge in [-0.3, -0.25) is 9.59 Å². The maximum absolute atomic E-state index is 11.9. The van der Waals surface area contributed by atoms with Crippen LogP contribution in [0.5, 0.6) is 5.75 Å². The number of aryl methyl sites for hydroxylation is 2. The van der Waals surface area contributed by atoms with Crippen LogP contribution in [0.3, 0.4) is 0 Å². The first-order valence-electron chi connectivity index (χ1n) is 7.92. The SMILES string of the molecule is Cc1cc(OCC(=O)N/N=C2\CC(=O)CC(C)(C)C2)cc(C)c1Cl. The number of carbonyl (C=O) groups excluding carboxylic acids is 2. The highest BCUT2D eigenvalue weighted by atomic mass is 35.5. The predicted molar refractivity (Wildman–Crippen MR) is 94.6 cm³/mol. The van der Waals surface area contributed by atoms with Crippen LogP contribution in [-0.2, 0) is 9.59 Å². The van der Waals surface area contributed by atoms with Gasteiger partial charge < -0.3 is 4.74 Å². The molecule has 0 bridgehead atoms. The topological polar surface area (TPSA) is 67.8 Å². The van der Waals surface area contributed by atoms with Crippen LogP contribution in [-0.4, -0.2) is 24.0 Å². The average molecular weight is 351 g/mol. The lowest BCUT2D eigenvalue weighted by molar-refractivity contribution is -0.123. The third-order valence-corrected chi connectivity index (χ3v) is 4.47. The zero-order valence-corrected chi connectivity index (χ0v) is 15.3. The van der Waals surface area contributed by atoms with Gasteiger partial charge in [-0.1, -0.05) is 25.4 Å². The van der Waals surface area contributed by atoms with Gasteiger partial charge in [-0.15, -0.1) is 0 Å². The minimum absolute atomic E-state index is 0.103. The highest BCUT2D eigenvalue weighted by Gasteiger charge is 2.30. The molecule has 0 atom stereocenters. The lowest BCUT2D eigenvalue weighted by Gasteiger charge is -2.28. The molecule has 1 aliphatic rings. The monoisotopic (exact) mass is 350 g/mol. The van der Waals surface area contributed by atoms with Gasteiger partial charge in [0, 0.05) is 23.6 Å². The maximum Gasteiger partial charge on any atom is 0.277 e. The van der Waals surface area contributed by atoms with Crippen LogP contribution in [0.2, 0.25) is 5.02 Å². The number of benzene rings is 1. The van der Waals surface area contributed by atoms with Crippen LogP contribution < -0.4 is 10.2 Å². The molecule has 1 N–H and O–H groups in total. The van der Waals surface area contributed by atoms with E-state index in [0.29, 0.717) is 35.7 Å². The molecule has 0 heterocycles. The summed E-state index contributed by atoms with van der Waals surface area (Å²) in [4.78, 5) is 23.6. The van der Waals surface area contributed by atoms with Crippen LogP contribution >= 0.6 is 11.6 Å². The highest BCUT2D eigenvalue weighted by Crippen LogP contribution is 2.31. The standard InChI is InChI=1S/C18H23ClN2O3/c1-11-5-15(6-12(2)17(11)19)24-10-16(23)21-20-13-7-14(22)9-18(3,4)8-13/h5-6H,7-10H2,1-4H3,(H,21,23)/b20-13+. The van der Waals surface area contributed by atoms with Crippen LogP contribution in [0, 0.1) is 19.3 Å². The summed E-state index contributed by atoms with van der Waals surface area (Å²) in [6.45, 7) is 7.67. The third kappa shape index (κ3) is 5.06. The van der Waals surface area contributed by atoms with Crippen molar-refractivity contribution in [3.8, 4) is 5.75 Å². The number of carbonyl (C=O) groups is 2. The molecular weight excluding hydrogens is 328 g/mol. The molecule has 5 nitrogen and oxygen atoms in total. The van der Waals surface area contributed by atoms with Crippen molar-refractivity contribution in [3.05, 3.63) is 28.3 Å². The molecule has 2 rings (SSSR count). The molecule has 130 valence electrons. The fourth-order valence-electron chi connectivity index (χ4n) is 2.89. The molecule has 0 aromatic heterocycles. The summed E-state index contributed by atoms with van der Waals surface area (Å²) in [6, 6.07) is 3.58. The molecule has 1 saturated carbocycles. The molecule has 6 heteroatoms. The van der Waals surface area contributed by atoms with Gasteiger partial charge in [-0.2, -0.15) is 5.10 Å². The molecule has 1 aromatic rings. The Morgan fingerprint density at radius 3 is 2.50 bits per heavy atom. The molecular formula is C18H23ClN2O3. The molecule has 0 radical (unpaired) electrons. The molecule has 1 aromatic carbocycles. The van der Waals surface area contributed by atoms with E-state index in [1.54, 1.807) is 12.1 Å². The van der Waals surface area contributed by atoms with Gasteiger partial charge in [0.15, 0.2) is 6.61 Å². The number of nitrogens with one attached hydrogen (secondary N) is 1. The average Bonchev–Trinajstić information content (AvgIpc) is 2.46. The number of rotatable bonds is 4. The van der Waals surface area contributed by atoms with Crippen molar-refractivity contribution in [2.45, 2.75) is 47.0 Å². The Kier molecular flexibility index (Phi) is 5.65. The maximum atomic E-state index is 11.9. The predicted octanol–water partition coefficient (Wildman–Crippen LogP) is 3.59. The summed E-state index contributed by atoms with van der Waals surface area (Å²) < 4.78 is 5.48. The number of Topliss-reactive ketones (excluding diaryl/α,β-unsaturated/α-hetero) is 1. The summed E-state index contributed by atoms with van der Waals surface area (Å²) in [5.74, 6) is 0.386. The van der Waals surface area contributed by atoms with E-state index in [9.17, 15) is 9.59 Å². The van der Waals surface area contributed by atoms with E-state index in [1.807, 2.05) is 27.7 Å². The number of amides is 1. The van der Waals surface area contributed by atoms with E-state index >= 15 is 0 Å². The summed E-state index contributed by atoms with van der Waals surface area (Å²) in [5.41, 5.74) is 4.87. The van der Waals surface area contributed by atoms with E-state index in [4.69, 9.17) is 16.3 Å². The second-order valence-corrected chi connectivity index (χ2v) is 7.48. The zero-order valence-electron chi connectivity index (χ0n) is 14.5. The van der Waals surface area contributed by atoms with Crippen molar-refractivity contribution < 1.29 is 14.3 Å². The van der Waals surface area contributed by atoms with Gasteiger partial charge in [0.2, 0.25) is 0 Å². The van der Waals surface area contributed by atoms with E-state index in [1.165, 1.54) is 0 Å². The third-order valence-electron chi connectivity index (χ3n) is 3.88. The second-order valence-electron chi connectivity index (χ2n) is 7.11.